The molecule has 0 unspecified atom stereocenters. The maximum atomic E-state index is 5.20. The van der Waals surface area contributed by atoms with Crippen LogP contribution in [0, 0.1) is 0 Å². The SMILES string of the molecule is COc1ccc(C=C(C)CNC2CCN(c3ncccn3)CC2)cc1. The highest BCUT2D eigenvalue weighted by Crippen LogP contribution is 2.16. The zero-order chi connectivity index (χ0) is 17.5. The van der Waals surface area contributed by atoms with Gasteiger partial charge in [0.05, 0.1) is 7.11 Å². The van der Waals surface area contributed by atoms with Gasteiger partial charge in [0.2, 0.25) is 5.95 Å². The summed E-state index contributed by atoms with van der Waals surface area (Å²) in [7, 11) is 1.69. The molecule has 0 atom stereocenters. The van der Waals surface area contributed by atoms with Crippen molar-refractivity contribution in [3.8, 4) is 5.75 Å². The van der Waals surface area contributed by atoms with E-state index >= 15 is 0 Å². The first-order valence-electron chi connectivity index (χ1n) is 8.81. The molecule has 0 amide bonds. The first-order chi connectivity index (χ1) is 12.2. The Bertz CT molecular complexity index is 677. The molecule has 132 valence electrons. The van der Waals surface area contributed by atoms with Crippen LogP contribution in [0.2, 0.25) is 0 Å². The smallest absolute Gasteiger partial charge is 0.225 e. The van der Waals surface area contributed by atoms with Crippen LogP contribution in [0.15, 0.2) is 48.3 Å². The van der Waals surface area contributed by atoms with Gasteiger partial charge in [0, 0.05) is 38.1 Å². The molecule has 1 aromatic heterocycles. The van der Waals surface area contributed by atoms with Gasteiger partial charge < -0.3 is 15.0 Å². The Balaban J connectivity index is 1.45. The summed E-state index contributed by atoms with van der Waals surface area (Å²) < 4.78 is 5.20. The molecule has 2 aromatic rings. The van der Waals surface area contributed by atoms with Crippen molar-refractivity contribution in [2.45, 2.75) is 25.8 Å². The Morgan fingerprint density at radius 1 is 1.20 bits per heavy atom. The van der Waals surface area contributed by atoms with Gasteiger partial charge in [-0.15, -0.1) is 0 Å². The molecule has 1 saturated heterocycles. The van der Waals surface area contributed by atoms with Crippen LogP contribution in [0.4, 0.5) is 5.95 Å². The van der Waals surface area contributed by atoms with E-state index in [2.05, 4.69) is 45.3 Å². The lowest BCUT2D eigenvalue weighted by atomic mass is 10.0. The lowest BCUT2D eigenvalue weighted by Crippen LogP contribution is -2.43. The molecule has 2 heterocycles. The number of rotatable bonds is 6. The lowest BCUT2D eigenvalue weighted by molar-refractivity contribution is 0.415. The number of anilines is 1. The molecule has 1 N–H and O–H groups in total. The average molecular weight is 338 g/mol. The van der Waals surface area contributed by atoms with Gasteiger partial charge in [-0.25, -0.2) is 9.97 Å². The minimum absolute atomic E-state index is 0.555. The summed E-state index contributed by atoms with van der Waals surface area (Å²) in [5.74, 6) is 1.73. The molecule has 1 aliphatic heterocycles. The van der Waals surface area contributed by atoms with Crippen molar-refractivity contribution in [1.29, 1.82) is 0 Å². The lowest BCUT2D eigenvalue weighted by Gasteiger charge is -2.32. The van der Waals surface area contributed by atoms with Gasteiger partial charge >= 0.3 is 0 Å². The number of hydrogen-bond donors (Lipinski definition) is 1. The van der Waals surface area contributed by atoms with E-state index in [-0.39, 0.29) is 0 Å². The maximum absolute atomic E-state index is 5.20. The topological polar surface area (TPSA) is 50.3 Å². The minimum Gasteiger partial charge on any atom is -0.497 e. The van der Waals surface area contributed by atoms with E-state index in [1.165, 1.54) is 11.1 Å². The Kier molecular flexibility index (Phi) is 6.01. The third-order valence-corrected chi connectivity index (χ3v) is 4.53. The fourth-order valence-corrected chi connectivity index (χ4v) is 3.08. The number of nitrogens with one attached hydrogen (secondary N) is 1. The first kappa shape index (κ1) is 17.4. The van der Waals surface area contributed by atoms with Crippen molar-refractivity contribution in [2.24, 2.45) is 0 Å². The molecule has 0 spiro atoms. The van der Waals surface area contributed by atoms with E-state index < -0.39 is 0 Å². The van der Waals surface area contributed by atoms with Gasteiger partial charge in [-0.1, -0.05) is 23.8 Å². The molecule has 5 heteroatoms. The molecule has 3 rings (SSSR count). The van der Waals surface area contributed by atoms with E-state index in [4.69, 9.17) is 4.74 Å². The number of benzene rings is 1. The number of methoxy groups -OCH3 is 1. The number of hydrogen-bond acceptors (Lipinski definition) is 5. The molecule has 5 nitrogen and oxygen atoms in total. The number of nitrogens with zero attached hydrogens (tertiary/aromatic N) is 3. The van der Waals surface area contributed by atoms with Gasteiger partial charge in [0.1, 0.15) is 5.75 Å². The zero-order valence-corrected chi connectivity index (χ0v) is 15.0. The van der Waals surface area contributed by atoms with Crippen molar-refractivity contribution in [3.63, 3.8) is 0 Å². The predicted octanol–water partition coefficient (Wildman–Crippen LogP) is 3.15. The molecular formula is C20H26N4O. The van der Waals surface area contributed by atoms with Crippen molar-refractivity contribution in [3.05, 3.63) is 53.9 Å². The second-order valence-electron chi connectivity index (χ2n) is 6.45. The monoisotopic (exact) mass is 338 g/mol. The highest BCUT2D eigenvalue weighted by atomic mass is 16.5. The number of aromatic nitrogens is 2. The second kappa shape index (κ2) is 8.62. The summed E-state index contributed by atoms with van der Waals surface area (Å²) >= 11 is 0. The standard InChI is InChI=1S/C20H26N4O/c1-16(14-17-4-6-19(25-2)7-5-17)15-23-18-8-12-24(13-9-18)20-21-10-3-11-22-20/h3-7,10-11,14,18,23H,8-9,12-13,15H2,1-2H3. The van der Waals surface area contributed by atoms with Gasteiger partial charge in [0.15, 0.2) is 0 Å². The van der Waals surface area contributed by atoms with E-state index in [1.54, 1.807) is 19.5 Å². The van der Waals surface area contributed by atoms with Gasteiger partial charge in [-0.2, -0.15) is 0 Å². The zero-order valence-electron chi connectivity index (χ0n) is 15.0. The van der Waals surface area contributed by atoms with Crippen molar-refractivity contribution in [1.82, 2.24) is 15.3 Å². The fourth-order valence-electron chi connectivity index (χ4n) is 3.08. The molecule has 25 heavy (non-hydrogen) atoms. The van der Waals surface area contributed by atoms with Gasteiger partial charge in [0.25, 0.3) is 0 Å². The van der Waals surface area contributed by atoms with Gasteiger partial charge in [-0.05, 0) is 43.5 Å². The van der Waals surface area contributed by atoms with Crippen LogP contribution < -0.4 is 15.0 Å². The van der Waals surface area contributed by atoms with Gasteiger partial charge in [-0.3, -0.25) is 0 Å². The summed E-state index contributed by atoms with van der Waals surface area (Å²) in [4.78, 5) is 10.9. The average Bonchev–Trinajstić information content (AvgIpc) is 2.68. The van der Waals surface area contributed by atoms with Crippen LogP contribution in [-0.2, 0) is 0 Å². The molecule has 1 aliphatic rings. The maximum Gasteiger partial charge on any atom is 0.225 e. The van der Waals surface area contributed by atoms with Crippen LogP contribution in [0.3, 0.4) is 0 Å². The van der Waals surface area contributed by atoms with E-state index in [0.717, 1.165) is 44.2 Å². The molecule has 0 radical (unpaired) electrons. The largest absolute Gasteiger partial charge is 0.497 e. The molecule has 0 saturated carbocycles. The van der Waals surface area contributed by atoms with E-state index in [1.807, 2.05) is 18.2 Å². The predicted molar refractivity (Wildman–Crippen MR) is 102 cm³/mol. The van der Waals surface area contributed by atoms with Crippen LogP contribution in [0.25, 0.3) is 6.08 Å². The van der Waals surface area contributed by atoms with Crippen molar-refractivity contribution in [2.75, 3.05) is 31.6 Å². The van der Waals surface area contributed by atoms with Crippen LogP contribution in [-0.4, -0.2) is 42.8 Å². The number of piperidine rings is 1. The highest BCUT2D eigenvalue weighted by molar-refractivity contribution is 5.53. The highest BCUT2D eigenvalue weighted by Gasteiger charge is 2.20. The van der Waals surface area contributed by atoms with Crippen LogP contribution in [0.5, 0.6) is 5.75 Å². The Hall–Kier alpha value is -2.40. The summed E-state index contributed by atoms with van der Waals surface area (Å²) in [6.45, 7) is 5.09. The molecule has 1 fully saturated rings. The Morgan fingerprint density at radius 3 is 2.52 bits per heavy atom. The van der Waals surface area contributed by atoms with E-state index in [9.17, 15) is 0 Å². The molecule has 0 bridgehead atoms. The van der Waals surface area contributed by atoms with Crippen LogP contribution in [0.1, 0.15) is 25.3 Å². The molecule has 1 aromatic carbocycles. The summed E-state index contributed by atoms with van der Waals surface area (Å²) in [6, 6.07) is 10.6. The van der Waals surface area contributed by atoms with Crippen LogP contribution >= 0.6 is 0 Å². The fraction of sp³-hybridized carbons (Fsp3) is 0.400. The number of ether oxygens (including phenoxy) is 1. The molecule has 0 aliphatic carbocycles. The third kappa shape index (κ3) is 5.03. The summed E-state index contributed by atoms with van der Waals surface area (Å²) in [6.07, 6.45) is 8.07. The third-order valence-electron chi connectivity index (χ3n) is 4.53. The van der Waals surface area contributed by atoms with E-state index in [0.29, 0.717) is 6.04 Å². The first-order valence-corrected chi connectivity index (χ1v) is 8.81. The van der Waals surface area contributed by atoms with Crippen molar-refractivity contribution >= 4 is 12.0 Å². The second-order valence-corrected chi connectivity index (χ2v) is 6.45. The summed E-state index contributed by atoms with van der Waals surface area (Å²) in [5.41, 5.74) is 2.54. The minimum atomic E-state index is 0.555. The normalized spacial score (nSPS) is 16.1. The Labute approximate surface area is 149 Å². The molecular weight excluding hydrogens is 312 g/mol. The summed E-state index contributed by atoms with van der Waals surface area (Å²) in [5, 5.41) is 3.68. The quantitative estimate of drug-likeness (QED) is 0.877. The van der Waals surface area contributed by atoms with Crippen molar-refractivity contribution < 1.29 is 4.74 Å². The Morgan fingerprint density at radius 2 is 1.88 bits per heavy atom.